The summed E-state index contributed by atoms with van der Waals surface area (Å²) in [4.78, 5) is 4.64. The van der Waals surface area contributed by atoms with Crippen molar-refractivity contribution in [3.8, 4) is 5.75 Å². The number of hydrogen-bond acceptors (Lipinski definition) is 3. The fraction of sp³-hybridized carbons (Fsp3) is 0.316. The molecule has 1 fully saturated rings. The number of nitrogens with one attached hydrogen (secondary N) is 1. The summed E-state index contributed by atoms with van der Waals surface area (Å²) < 4.78 is 5.30. The Morgan fingerprint density at radius 1 is 1.12 bits per heavy atom. The van der Waals surface area contributed by atoms with Gasteiger partial charge in [-0.15, -0.1) is 0 Å². The Hall–Kier alpha value is -1.82. The first-order valence-electron chi connectivity index (χ1n) is 8.31. The second-order valence-corrected chi connectivity index (χ2v) is 6.88. The van der Waals surface area contributed by atoms with Gasteiger partial charge in [-0.3, -0.25) is 4.90 Å². The number of hydrogen-bond donors (Lipinski definition) is 1. The molecule has 1 aliphatic rings. The highest BCUT2D eigenvalue weighted by atomic mass is 35.5. The highest BCUT2D eigenvalue weighted by Crippen LogP contribution is 2.17. The zero-order valence-corrected chi connectivity index (χ0v) is 15.8. The Morgan fingerprint density at radius 3 is 2.60 bits per heavy atom. The van der Waals surface area contributed by atoms with E-state index < -0.39 is 0 Å². The maximum atomic E-state index is 6.02. The second-order valence-electron chi connectivity index (χ2n) is 6.06. The number of rotatable bonds is 4. The molecule has 2 aromatic rings. The zero-order chi connectivity index (χ0) is 17.6. The summed E-state index contributed by atoms with van der Waals surface area (Å²) >= 11 is 11.6. The average Bonchev–Trinajstić information content (AvgIpc) is 2.62. The minimum Gasteiger partial charge on any atom is -0.497 e. The lowest BCUT2D eigenvalue weighted by Gasteiger charge is -2.36. The molecule has 1 N–H and O–H groups in total. The molecule has 0 saturated carbocycles. The summed E-state index contributed by atoms with van der Waals surface area (Å²) in [5, 5.41) is 4.73. The molecule has 2 aromatic carbocycles. The van der Waals surface area contributed by atoms with Gasteiger partial charge in [-0.2, -0.15) is 0 Å². The SMILES string of the molecule is COc1cccc(CN2CCN(C(=S)Nc3cccc(Cl)c3)CC2)c1. The summed E-state index contributed by atoms with van der Waals surface area (Å²) in [5.41, 5.74) is 2.20. The normalized spacial score (nSPS) is 15.0. The van der Waals surface area contributed by atoms with E-state index in [0.717, 1.165) is 49.3 Å². The quantitative estimate of drug-likeness (QED) is 0.819. The summed E-state index contributed by atoms with van der Waals surface area (Å²) in [6.45, 7) is 4.72. The molecule has 0 spiro atoms. The Kier molecular flexibility index (Phi) is 6.13. The minimum atomic E-state index is 0.705. The fourth-order valence-electron chi connectivity index (χ4n) is 2.91. The molecule has 0 aromatic heterocycles. The van der Waals surface area contributed by atoms with Crippen LogP contribution in [0.2, 0.25) is 5.02 Å². The van der Waals surface area contributed by atoms with Gasteiger partial charge in [0.25, 0.3) is 0 Å². The van der Waals surface area contributed by atoms with Crippen LogP contribution in [0.1, 0.15) is 5.56 Å². The van der Waals surface area contributed by atoms with Gasteiger partial charge in [-0.05, 0) is 48.1 Å². The van der Waals surface area contributed by atoms with Gasteiger partial charge in [-0.25, -0.2) is 0 Å². The standard InChI is InChI=1S/C19H22ClN3OS/c1-24-18-7-2-4-15(12-18)14-22-8-10-23(11-9-22)19(25)21-17-6-3-5-16(20)13-17/h2-7,12-13H,8-11,14H2,1H3,(H,21,25). The molecule has 1 heterocycles. The van der Waals surface area contributed by atoms with Crippen molar-refractivity contribution in [2.24, 2.45) is 0 Å². The number of benzene rings is 2. The molecule has 0 aliphatic carbocycles. The zero-order valence-electron chi connectivity index (χ0n) is 14.2. The Balaban J connectivity index is 1.50. The Bertz CT molecular complexity index is 732. The van der Waals surface area contributed by atoms with Crippen LogP contribution in [0.4, 0.5) is 5.69 Å². The maximum Gasteiger partial charge on any atom is 0.173 e. The smallest absolute Gasteiger partial charge is 0.173 e. The van der Waals surface area contributed by atoms with Crippen LogP contribution in [0.3, 0.4) is 0 Å². The van der Waals surface area contributed by atoms with Gasteiger partial charge in [0, 0.05) is 43.4 Å². The van der Waals surface area contributed by atoms with Gasteiger partial charge in [0.2, 0.25) is 0 Å². The van der Waals surface area contributed by atoms with Gasteiger partial charge in [0.1, 0.15) is 5.75 Å². The topological polar surface area (TPSA) is 27.7 Å². The highest BCUT2D eigenvalue weighted by Gasteiger charge is 2.19. The molecule has 25 heavy (non-hydrogen) atoms. The summed E-state index contributed by atoms with van der Waals surface area (Å²) in [6, 6.07) is 15.9. The first kappa shape index (κ1) is 18.0. The average molecular weight is 376 g/mol. The van der Waals surface area contributed by atoms with Crippen molar-refractivity contribution in [3.05, 3.63) is 59.1 Å². The predicted octanol–water partition coefficient (Wildman–Crippen LogP) is 3.86. The Labute approximate surface area is 159 Å². The van der Waals surface area contributed by atoms with Crippen molar-refractivity contribution in [2.45, 2.75) is 6.54 Å². The van der Waals surface area contributed by atoms with Crippen molar-refractivity contribution in [3.63, 3.8) is 0 Å². The molecule has 0 atom stereocenters. The second kappa shape index (κ2) is 8.52. The van der Waals surface area contributed by atoms with Crippen LogP contribution in [-0.2, 0) is 6.54 Å². The molecule has 132 valence electrons. The van der Waals surface area contributed by atoms with E-state index in [9.17, 15) is 0 Å². The summed E-state index contributed by atoms with van der Waals surface area (Å²) in [7, 11) is 1.70. The first-order chi connectivity index (χ1) is 12.1. The van der Waals surface area contributed by atoms with E-state index in [1.165, 1.54) is 5.56 Å². The third-order valence-electron chi connectivity index (χ3n) is 4.28. The molecule has 4 nitrogen and oxygen atoms in total. The van der Waals surface area contributed by atoms with Gasteiger partial charge in [0.15, 0.2) is 5.11 Å². The molecular weight excluding hydrogens is 354 g/mol. The van der Waals surface area contributed by atoms with E-state index in [2.05, 4.69) is 27.2 Å². The number of methoxy groups -OCH3 is 1. The van der Waals surface area contributed by atoms with E-state index in [0.29, 0.717) is 5.02 Å². The van der Waals surface area contributed by atoms with Gasteiger partial charge < -0.3 is 15.0 Å². The van der Waals surface area contributed by atoms with Crippen LogP contribution in [0.5, 0.6) is 5.75 Å². The highest BCUT2D eigenvalue weighted by molar-refractivity contribution is 7.80. The maximum absolute atomic E-state index is 6.02. The summed E-state index contributed by atoms with van der Waals surface area (Å²) in [6.07, 6.45) is 0. The molecule has 0 unspecified atom stereocenters. The lowest BCUT2D eigenvalue weighted by Crippen LogP contribution is -2.49. The summed E-state index contributed by atoms with van der Waals surface area (Å²) in [5.74, 6) is 0.906. The van der Waals surface area contributed by atoms with Crippen LogP contribution in [0.15, 0.2) is 48.5 Å². The third kappa shape index (κ3) is 5.08. The van der Waals surface area contributed by atoms with Crippen molar-refractivity contribution in [1.29, 1.82) is 0 Å². The molecule has 0 radical (unpaired) electrons. The molecule has 1 aliphatic heterocycles. The monoisotopic (exact) mass is 375 g/mol. The van der Waals surface area contributed by atoms with Crippen LogP contribution in [-0.4, -0.2) is 48.2 Å². The molecule has 6 heteroatoms. The molecule has 0 bridgehead atoms. The van der Waals surface area contributed by atoms with Gasteiger partial charge in [-0.1, -0.05) is 29.8 Å². The molecule has 0 amide bonds. The van der Waals surface area contributed by atoms with Crippen molar-refractivity contribution < 1.29 is 4.74 Å². The number of anilines is 1. The molecule has 1 saturated heterocycles. The van der Waals surface area contributed by atoms with E-state index >= 15 is 0 Å². The number of thiocarbonyl (C=S) groups is 1. The van der Waals surface area contributed by atoms with Crippen LogP contribution < -0.4 is 10.1 Å². The lowest BCUT2D eigenvalue weighted by molar-refractivity contribution is 0.177. The van der Waals surface area contributed by atoms with E-state index in [4.69, 9.17) is 28.6 Å². The largest absolute Gasteiger partial charge is 0.497 e. The first-order valence-corrected chi connectivity index (χ1v) is 9.09. The van der Waals surface area contributed by atoms with Gasteiger partial charge in [0.05, 0.1) is 7.11 Å². The van der Waals surface area contributed by atoms with Crippen LogP contribution in [0.25, 0.3) is 0 Å². The predicted molar refractivity (Wildman–Crippen MR) is 108 cm³/mol. The number of piperazine rings is 1. The number of nitrogens with zero attached hydrogens (tertiary/aromatic N) is 2. The number of halogens is 1. The van der Waals surface area contributed by atoms with Crippen molar-refractivity contribution in [2.75, 3.05) is 38.6 Å². The minimum absolute atomic E-state index is 0.705. The lowest BCUT2D eigenvalue weighted by atomic mass is 10.2. The van der Waals surface area contributed by atoms with Crippen LogP contribution >= 0.6 is 23.8 Å². The van der Waals surface area contributed by atoms with E-state index in [1.54, 1.807) is 7.11 Å². The molecule has 3 rings (SSSR count). The van der Waals surface area contributed by atoms with Crippen LogP contribution in [0, 0.1) is 0 Å². The third-order valence-corrected chi connectivity index (χ3v) is 4.87. The fourth-order valence-corrected chi connectivity index (χ4v) is 3.40. The van der Waals surface area contributed by atoms with E-state index in [-0.39, 0.29) is 0 Å². The Morgan fingerprint density at radius 2 is 1.88 bits per heavy atom. The van der Waals surface area contributed by atoms with Gasteiger partial charge >= 0.3 is 0 Å². The van der Waals surface area contributed by atoms with Crippen molar-refractivity contribution in [1.82, 2.24) is 9.80 Å². The number of ether oxygens (including phenoxy) is 1. The van der Waals surface area contributed by atoms with Crippen molar-refractivity contribution >= 4 is 34.6 Å². The molecular formula is C19H22ClN3OS. The van der Waals surface area contributed by atoms with E-state index in [1.807, 2.05) is 36.4 Å².